The predicted molar refractivity (Wildman–Crippen MR) is 143 cm³/mol. The van der Waals surface area contributed by atoms with Crippen LogP contribution in [0.25, 0.3) is 32.7 Å². The molecule has 1 aliphatic carbocycles. The summed E-state index contributed by atoms with van der Waals surface area (Å²) in [5.74, 6) is 2.85. The van der Waals surface area contributed by atoms with Crippen molar-refractivity contribution < 1.29 is 9.47 Å². The molecule has 0 amide bonds. The molecule has 1 heterocycles. The number of fused-ring (bicyclic) bond motifs is 5. The van der Waals surface area contributed by atoms with Crippen LogP contribution in [0.1, 0.15) is 18.4 Å². The van der Waals surface area contributed by atoms with Gasteiger partial charge in [-0.3, -0.25) is 0 Å². The number of hydrogen-bond acceptors (Lipinski definition) is 2. The highest BCUT2D eigenvalue weighted by molar-refractivity contribution is 6.17. The summed E-state index contributed by atoms with van der Waals surface area (Å²) in [5, 5.41) is 4.55. The molecule has 2 nitrogen and oxygen atoms in total. The lowest BCUT2D eigenvalue weighted by Gasteiger charge is -2.28. The monoisotopic (exact) mass is 452 g/mol. The van der Waals surface area contributed by atoms with Crippen molar-refractivity contribution in [2.45, 2.75) is 18.4 Å². The summed E-state index contributed by atoms with van der Waals surface area (Å²) in [6, 6.07) is 33.6. The Morgan fingerprint density at radius 3 is 2.06 bits per heavy atom. The second kappa shape index (κ2) is 7.61. The van der Waals surface area contributed by atoms with Gasteiger partial charge in [-0.2, -0.15) is 0 Å². The zero-order valence-electron chi connectivity index (χ0n) is 19.4. The molecule has 168 valence electrons. The molecule has 2 atom stereocenters. The van der Waals surface area contributed by atoms with Gasteiger partial charge in [0.25, 0.3) is 0 Å². The highest BCUT2D eigenvalue weighted by Crippen LogP contribution is 2.54. The van der Waals surface area contributed by atoms with Gasteiger partial charge in [0, 0.05) is 22.3 Å². The SMILES string of the molecule is CC12C=CC=CC1c1c(cccc1-c1c3ccccc3c(Oc3ccccc3)c3ccccc13)O2. The molecule has 0 bridgehead atoms. The highest BCUT2D eigenvalue weighted by Gasteiger charge is 2.44. The third-order valence-corrected chi connectivity index (χ3v) is 7.28. The van der Waals surface area contributed by atoms with Gasteiger partial charge in [-0.05, 0) is 53.1 Å². The van der Waals surface area contributed by atoms with E-state index in [0.29, 0.717) is 0 Å². The zero-order chi connectivity index (χ0) is 23.4. The topological polar surface area (TPSA) is 18.5 Å². The number of ether oxygens (including phenoxy) is 2. The van der Waals surface area contributed by atoms with Crippen LogP contribution in [-0.2, 0) is 0 Å². The first kappa shape index (κ1) is 20.1. The predicted octanol–water partition coefficient (Wildman–Crippen LogP) is 8.81. The van der Waals surface area contributed by atoms with Crippen LogP contribution in [0.3, 0.4) is 0 Å². The van der Waals surface area contributed by atoms with E-state index in [2.05, 4.69) is 98.0 Å². The smallest absolute Gasteiger partial charge is 0.143 e. The van der Waals surface area contributed by atoms with E-state index < -0.39 is 0 Å². The van der Waals surface area contributed by atoms with Crippen LogP contribution in [0.4, 0.5) is 0 Å². The fraction of sp³-hybridized carbons (Fsp3) is 0.0909. The van der Waals surface area contributed by atoms with E-state index in [1.807, 2.05) is 30.3 Å². The van der Waals surface area contributed by atoms with Gasteiger partial charge in [0.2, 0.25) is 0 Å². The summed E-state index contributed by atoms with van der Waals surface area (Å²) in [6.07, 6.45) is 8.66. The number of para-hydroxylation sites is 1. The number of hydrogen-bond donors (Lipinski definition) is 0. The lowest BCUT2D eigenvalue weighted by atomic mass is 9.78. The molecule has 2 aliphatic rings. The van der Waals surface area contributed by atoms with E-state index in [0.717, 1.165) is 28.0 Å². The molecule has 0 spiro atoms. The Balaban J connectivity index is 1.55. The lowest BCUT2D eigenvalue weighted by molar-refractivity contribution is 0.155. The first-order chi connectivity index (χ1) is 17.2. The molecule has 0 N–H and O–H groups in total. The van der Waals surface area contributed by atoms with Gasteiger partial charge in [0.1, 0.15) is 22.8 Å². The van der Waals surface area contributed by atoms with Crippen LogP contribution in [0, 0.1) is 0 Å². The Hall–Kier alpha value is -4.30. The zero-order valence-corrected chi connectivity index (χ0v) is 19.4. The second-order valence-electron chi connectivity index (χ2n) is 9.44. The first-order valence-electron chi connectivity index (χ1n) is 12.1. The van der Waals surface area contributed by atoms with Crippen molar-refractivity contribution in [2.75, 3.05) is 0 Å². The van der Waals surface area contributed by atoms with Crippen molar-refractivity contribution in [2.24, 2.45) is 0 Å². The minimum Gasteiger partial charge on any atom is -0.482 e. The molecule has 7 rings (SSSR count). The quantitative estimate of drug-likeness (QED) is 0.255. The van der Waals surface area contributed by atoms with Crippen LogP contribution in [0.5, 0.6) is 17.2 Å². The second-order valence-corrected chi connectivity index (χ2v) is 9.44. The molecule has 35 heavy (non-hydrogen) atoms. The maximum absolute atomic E-state index is 6.55. The fourth-order valence-corrected chi connectivity index (χ4v) is 5.70. The molecular weight excluding hydrogens is 428 g/mol. The van der Waals surface area contributed by atoms with Crippen LogP contribution in [0.15, 0.2) is 121 Å². The summed E-state index contributed by atoms with van der Waals surface area (Å²) in [6.45, 7) is 2.18. The van der Waals surface area contributed by atoms with Crippen LogP contribution < -0.4 is 9.47 Å². The molecule has 2 heteroatoms. The minimum atomic E-state index is -0.366. The molecule has 0 aromatic heterocycles. The molecule has 5 aromatic carbocycles. The van der Waals surface area contributed by atoms with Gasteiger partial charge in [-0.1, -0.05) is 97.1 Å². The average Bonchev–Trinajstić information content (AvgIpc) is 3.22. The van der Waals surface area contributed by atoms with Crippen molar-refractivity contribution in [3.8, 4) is 28.4 Å². The summed E-state index contributed by atoms with van der Waals surface area (Å²) in [4.78, 5) is 0. The Morgan fingerprint density at radius 1 is 0.686 bits per heavy atom. The van der Waals surface area contributed by atoms with Crippen LogP contribution >= 0.6 is 0 Å². The van der Waals surface area contributed by atoms with E-state index >= 15 is 0 Å². The summed E-state index contributed by atoms with van der Waals surface area (Å²) in [7, 11) is 0. The van der Waals surface area contributed by atoms with Crippen molar-refractivity contribution in [1.29, 1.82) is 0 Å². The Kier molecular flexibility index (Phi) is 4.37. The van der Waals surface area contributed by atoms with Gasteiger partial charge < -0.3 is 9.47 Å². The third-order valence-electron chi connectivity index (χ3n) is 7.28. The molecule has 0 fully saturated rings. The van der Waals surface area contributed by atoms with E-state index in [1.165, 1.54) is 27.5 Å². The van der Waals surface area contributed by atoms with Crippen molar-refractivity contribution >= 4 is 21.5 Å². The fourth-order valence-electron chi connectivity index (χ4n) is 5.70. The van der Waals surface area contributed by atoms with Crippen molar-refractivity contribution in [3.63, 3.8) is 0 Å². The van der Waals surface area contributed by atoms with Crippen molar-refractivity contribution in [1.82, 2.24) is 0 Å². The maximum Gasteiger partial charge on any atom is 0.143 e. The average molecular weight is 453 g/mol. The molecule has 0 saturated carbocycles. The molecule has 2 unspecified atom stereocenters. The first-order valence-corrected chi connectivity index (χ1v) is 12.1. The normalized spacial score (nSPS) is 20.0. The van der Waals surface area contributed by atoms with E-state index in [1.54, 1.807) is 0 Å². The molecule has 0 radical (unpaired) electrons. The molecule has 1 aliphatic heterocycles. The third kappa shape index (κ3) is 3.03. The molecule has 5 aromatic rings. The Bertz CT molecular complexity index is 1600. The summed E-state index contributed by atoms with van der Waals surface area (Å²) in [5.41, 5.74) is 3.33. The van der Waals surface area contributed by atoms with Gasteiger partial charge in [-0.25, -0.2) is 0 Å². The van der Waals surface area contributed by atoms with E-state index in [4.69, 9.17) is 9.47 Å². The van der Waals surface area contributed by atoms with E-state index in [9.17, 15) is 0 Å². The maximum atomic E-state index is 6.55. The number of allylic oxidation sites excluding steroid dienone is 2. The molecular formula is C33H24O2. The largest absolute Gasteiger partial charge is 0.482 e. The van der Waals surface area contributed by atoms with Gasteiger partial charge in [-0.15, -0.1) is 0 Å². The van der Waals surface area contributed by atoms with E-state index in [-0.39, 0.29) is 11.5 Å². The summed E-state index contributed by atoms with van der Waals surface area (Å²) >= 11 is 0. The standard InChI is InChI=1S/C33H24O2/c1-33-21-10-9-19-28(33)31-27(18-11-20-29(31)35-33)30-23-14-5-7-16-25(23)32(26-17-8-6-15-24(26)30)34-22-12-3-2-4-13-22/h2-21,28H,1H3. The Morgan fingerprint density at radius 2 is 1.34 bits per heavy atom. The van der Waals surface area contributed by atoms with Crippen LogP contribution in [-0.4, -0.2) is 5.60 Å². The lowest BCUT2D eigenvalue weighted by Crippen LogP contribution is -2.32. The Labute approximate surface area is 204 Å². The van der Waals surface area contributed by atoms with Gasteiger partial charge in [0.15, 0.2) is 0 Å². The van der Waals surface area contributed by atoms with Crippen LogP contribution in [0.2, 0.25) is 0 Å². The number of rotatable bonds is 3. The van der Waals surface area contributed by atoms with Gasteiger partial charge in [0.05, 0.1) is 0 Å². The molecule has 0 saturated heterocycles. The van der Waals surface area contributed by atoms with Crippen molar-refractivity contribution in [3.05, 3.63) is 127 Å². The highest BCUT2D eigenvalue weighted by atomic mass is 16.5. The minimum absolute atomic E-state index is 0.163. The number of benzene rings is 5. The van der Waals surface area contributed by atoms with Gasteiger partial charge >= 0.3 is 0 Å². The summed E-state index contributed by atoms with van der Waals surface area (Å²) < 4.78 is 13.1.